The van der Waals surface area contributed by atoms with Crippen molar-refractivity contribution in [1.82, 2.24) is 0 Å². The van der Waals surface area contributed by atoms with Gasteiger partial charge in [0.25, 0.3) is 0 Å². The number of ether oxygens (including phenoxy) is 2. The summed E-state index contributed by atoms with van der Waals surface area (Å²) in [7, 11) is 0. The lowest BCUT2D eigenvalue weighted by Crippen LogP contribution is -2.09. The number of hydrogen-bond donors (Lipinski definition) is 1. The SMILES string of the molecule is CC(C)CCOCCOc1cc(N)ccc1Cl. The van der Waals surface area contributed by atoms with Crippen LogP contribution in [0.25, 0.3) is 0 Å². The molecule has 0 aliphatic rings. The molecule has 0 fully saturated rings. The summed E-state index contributed by atoms with van der Waals surface area (Å²) in [4.78, 5) is 0. The van der Waals surface area contributed by atoms with Gasteiger partial charge in [-0.1, -0.05) is 25.4 Å². The highest BCUT2D eigenvalue weighted by molar-refractivity contribution is 6.32. The van der Waals surface area contributed by atoms with Crippen LogP contribution in [0.1, 0.15) is 20.3 Å². The molecular formula is C13H20ClNO2. The van der Waals surface area contributed by atoms with Crippen LogP contribution in [-0.4, -0.2) is 19.8 Å². The van der Waals surface area contributed by atoms with Gasteiger partial charge in [-0.15, -0.1) is 0 Å². The van der Waals surface area contributed by atoms with Crippen LogP contribution >= 0.6 is 11.6 Å². The van der Waals surface area contributed by atoms with Gasteiger partial charge in [0.1, 0.15) is 12.4 Å². The minimum absolute atomic E-state index is 0.487. The first-order valence-electron chi connectivity index (χ1n) is 5.85. The first-order valence-corrected chi connectivity index (χ1v) is 6.23. The van der Waals surface area contributed by atoms with Gasteiger partial charge < -0.3 is 15.2 Å². The van der Waals surface area contributed by atoms with Crippen LogP contribution in [0.5, 0.6) is 5.75 Å². The second-order valence-electron chi connectivity index (χ2n) is 4.33. The van der Waals surface area contributed by atoms with E-state index in [-0.39, 0.29) is 0 Å². The molecule has 17 heavy (non-hydrogen) atoms. The van der Waals surface area contributed by atoms with Crippen molar-refractivity contribution in [2.75, 3.05) is 25.6 Å². The molecule has 0 unspecified atom stereocenters. The number of rotatable bonds is 7. The molecule has 1 rings (SSSR count). The molecule has 1 aromatic rings. The predicted octanol–water partition coefficient (Wildman–Crippen LogP) is 3.36. The highest BCUT2D eigenvalue weighted by Crippen LogP contribution is 2.26. The van der Waals surface area contributed by atoms with Gasteiger partial charge >= 0.3 is 0 Å². The van der Waals surface area contributed by atoms with Crippen LogP contribution < -0.4 is 10.5 Å². The summed E-state index contributed by atoms with van der Waals surface area (Å²) in [6.07, 6.45) is 1.07. The standard InChI is InChI=1S/C13H20ClNO2/c1-10(2)5-6-16-7-8-17-13-9-11(15)3-4-12(13)14/h3-4,9-10H,5-8,15H2,1-2H3. The normalized spacial score (nSPS) is 10.8. The molecule has 2 N–H and O–H groups in total. The average Bonchev–Trinajstić information content (AvgIpc) is 2.27. The fourth-order valence-electron chi connectivity index (χ4n) is 1.26. The summed E-state index contributed by atoms with van der Waals surface area (Å²) < 4.78 is 10.9. The predicted molar refractivity (Wildman–Crippen MR) is 71.6 cm³/mol. The summed E-state index contributed by atoms with van der Waals surface area (Å²) in [5.74, 6) is 1.28. The van der Waals surface area contributed by atoms with Crippen LogP contribution in [0.3, 0.4) is 0 Å². The highest BCUT2D eigenvalue weighted by Gasteiger charge is 2.01. The van der Waals surface area contributed by atoms with Crippen molar-refractivity contribution in [3.05, 3.63) is 23.2 Å². The Balaban J connectivity index is 2.20. The number of halogens is 1. The monoisotopic (exact) mass is 257 g/mol. The lowest BCUT2D eigenvalue weighted by molar-refractivity contribution is 0.0926. The fraction of sp³-hybridized carbons (Fsp3) is 0.538. The average molecular weight is 258 g/mol. The van der Waals surface area contributed by atoms with E-state index in [1.54, 1.807) is 18.2 Å². The third-order valence-electron chi connectivity index (χ3n) is 2.28. The van der Waals surface area contributed by atoms with E-state index < -0.39 is 0 Å². The Labute approximate surface area is 108 Å². The summed E-state index contributed by atoms with van der Waals surface area (Å²) in [5, 5.41) is 0.571. The Morgan fingerprint density at radius 1 is 1.24 bits per heavy atom. The molecule has 0 aliphatic carbocycles. The molecule has 3 nitrogen and oxygen atoms in total. The van der Waals surface area contributed by atoms with Crippen LogP contribution in [0.4, 0.5) is 5.69 Å². The van der Waals surface area contributed by atoms with Crippen LogP contribution in [0, 0.1) is 5.92 Å². The van der Waals surface area contributed by atoms with Gasteiger partial charge in [-0.3, -0.25) is 0 Å². The molecule has 0 saturated carbocycles. The topological polar surface area (TPSA) is 44.5 Å². The summed E-state index contributed by atoms with van der Waals surface area (Å²) in [5.41, 5.74) is 6.29. The Morgan fingerprint density at radius 2 is 2.00 bits per heavy atom. The van der Waals surface area contributed by atoms with Crippen molar-refractivity contribution < 1.29 is 9.47 Å². The van der Waals surface area contributed by atoms with Crippen LogP contribution in [0.2, 0.25) is 5.02 Å². The zero-order valence-electron chi connectivity index (χ0n) is 10.4. The molecular weight excluding hydrogens is 238 g/mol. The van der Waals surface area contributed by atoms with Gasteiger partial charge in [0.2, 0.25) is 0 Å². The Bertz CT molecular complexity index is 342. The molecule has 0 heterocycles. The lowest BCUT2D eigenvalue weighted by atomic mass is 10.1. The molecule has 0 radical (unpaired) electrons. The minimum Gasteiger partial charge on any atom is -0.490 e. The molecule has 0 aliphatic heterocycles. The van der Waals surface area contributed by atoms with Gasteiger partial charge in [0, 0.05) is 18.4 Å². The van der Waals surface area contributed by atoms with Crippen LogP contribution in [-0.2, 0) is 4.74 Å². The number of nitrogen functional groups attached to an aromatic ring is 1. The van der Waals surface area contributed by atoms with Crippen molar-refractivity contribution in [3.8, 4) is 5.75 Å². The second-order valence-corrected chi connectivity index (χ2v) is 4.74. The van der Waals surface area contributed by atoms with Gasteiger partial charge in [0.05, 0.1) is 11.6 Å². The van der Waals surface area contributed by atoms with E-state index in [4.69, 9.17) is 26.8 Å². The lowest BCUT2D eigenvalue weighted by Gasteiger charge is -2.10. The zero-order valence-corrected chi connectivity index (χ0v) is 11.2. The minimum atomic E-state index is 0.487. The molecule has 0 saturated heterocycles. The summed E-state index contributed by atoms with van der Waals surface area (Å²) >= 11 is 5.96. The summed E-state index contributed by atoms with van der Waals surface area (Å²) in [6.45, 7) is 6.17. The molecule has 0 amide bonds. The van der Waals surface area contributed by atoms with Crippen molar-refractivity contribution in [1.29, 1.82) is 0 Å². The maximum Gasteiger partial charge on any atom is 0.140 e. The molecule has 0 bridgehead atoms. The summed E-state index contributed by atoms with van der Waals surface area (Å²) in [6, 6.07) is 5.19. The fourth-order valence-corrected chi connectivity index (χ4v) is 1.43. The number of benzene rings is 1. The first kappa shape index (κ1) is 14.1. The molecule has 4 heteroatoms. The van der Waals surface area contributed by atoms with E-state index in [0.717, 1.165) is 13.0 Å². The largest absolute Gasteiger partial charge is 0.490 e. The maximum atomic E-state index is 5.96. The quantitative estimate of drug-likeness (QED) is 0.602. The Morgan fingerprint density at radius 3 is 2.71 bits per heavy atom. The third-order valence-corrected chi connectivity index (χ3v) is 2.59. The van der Waals surface area contributed by atoms with E-state index >= 15 is 0 Å². The number of nitrogens with two attached hydrogens (primary N) is 1. The van der Waals surface area contributed by atoms with Crippen molar-refractivity contribution >= 4 is 17.3 Å². The smallest absolute Gasteiger partial charge is 0.140 e. The van der Waals surface area contributed by atoms with Crippen molar-refractivity contribution in [3.63, 3.8) is 0 Å². The number of hydrogen-bond acceptors (Lipinski definition) is 3. The Hall–Kier alpha value is -0.930. The van der Waals surface area contributed by atoms with Crippen molar-refractivity contribution in [2.24, 2.45) is 5.92 Å². The molecule has 0 atom stereocenters. The highest BCUT2D eigenvalue weighted by atomic mass is 35.5. The maximum absolute atomic E-state index is 5.96. The van der Waals surface area contributed by atoms with Gasteiger partial charge in [-0.05, 0) is 24.5 Å². The molecule has 0 spiro atoms. The van der Waals surface area contributed by atoms with Gasteiger partial charge in [0.15, 0.2) is 0 Å². The van der Waals surface area contributed by atoms with Gasteiger partial charge in [-0.2, -0.15) is 0 Å². The second kappa shape index (κ2) is 7.41. The van der Waals surface area contributed by atoms with E-state index in [9.17, 15) is 0 Å². The third kappa shape index (κ3) is 5.80. The zero-order chi connectivity index (χ0) is 12.7. The van der Waals surface area contributed by atoms with Gasteiger partial charge in [-0.25, -0.2) is 0 Å². The van der Waals surface area contributed by atoms with Crippen LogP contribution in [0.15, 0.2) is 18.2 Å². The molecule has 1 aromatic carbocycles. The van der Waals surface area contributed by atoms with E-state index in [1.807, 2.05) is 0 Å². The van der Waals surface area contributed by atoms with Crippen molar-refractivity contribution in [2.45, 2.75) is 20.3 Å². The first-order chi connectivity index (χ1) is 8.09. The Kier molecular flexibility index (Phi) is 6.16. The van der Waals surface area contributed by atoms with E-state index in [1.165, 1.54) is 0 Å². The van der Waals surface area contributed by atoms with E-state index in [0.29, 0.717) is 35.6 Å². The molecule has 0 aromatic heterocycles. The molecule has 96 valence electrons. The number of anilines is 1. The van der Waals surface area contributed by atoms with E-state index in [2.05, 4.69) is 13.8 Å².